The van der Waals surface area contributed by atoms with Gasteiger partial charge in [0.2, 0.25) is 5.91 Å². The fourth-order valence-electron chi connectivity index (χ4n) is 3.05. The predicted octanol–water partition coefficient (Wildman–Crippen LogP) is 4.45. The van der Waals surface area contributed by atoms with Gasteiger partial charge in [-0.2, -0.15) is 0 Å². The highest BCUT2D eigenvalue weighted by molar-refractivity contribution is 5.98. The summed E-state index contributed by atoms with van der Waals surface area (Å²) in [6.07, 6.45) is 0.162. The number of ether oxygens (including phenoxy) is 1. The molecule has 3 rings (SSSR count). The van der Waals surface area contributed by atoms with Crippen molar-refractivity contribution >= 4 is 22.4 Å². The fourth-order valence-corrected chi connectivity index (χ4v) is 3.05. The van der Waals surface area contributed by atoms with Crippen LogP contribution in [-0.4, -0.2) is 18.6 Å². The molecule has 0 spiro atoms. The molecule has 0 heterocycles. The Morgan fingerprint density at radius 2 is 1.78 bits per heavy atom. The molecule has 1 unspecified atom stereocenters. The molecule has 3 N–H and O–H groups in total. The molecule has 0 aliphatic carbocycles. The Morgan fingerprint density at radius 1 is 1.00 bits per heavy atom. The van der Waals surface area contributed by atoms with Crippen LogP contribution < -0.4 is 11.1 Å². The number of rotatable bonds is 7. The van der Waals surface area contributed by atoms with E-state index in [-0.39, 0.29) is 18.6 Å². The molecule has 0 aliphatic rings. The first-order chi connectivity index (χ1) is 13.1. The van der Waals surface area contributed by atoms with Gasteiger partial charge in [0.05, 0.1) is 18.6 Å². The molecule has 3 aromatic rings. The molecular formula is C23H26N2O2. The second-order valence-corrected chi connectivity index (χ2v) is 6.94. The molecule has 4 heteroatoms. The number of fused-ring (bicyclic) bond motifs is 1. The summed E-state index contributed by atoms with van der Waals surface area (Å²) in [7, 11) is 0. The molecule has 1 amide bonds. The Balaban J connectivity index is 1.76. The van der Waals surface area contributed by atoms with Gasteiger partial charge in [0.25, 0.3) is 0 Å². The topological polar surface area (TPSA) is 64.3 Å². The van der Waals surface area contributed by atoms with Gasteiger partial charge in [-0.25, -0.2) is 0 Å². The maximum Gasteiger partial charge on any atom is 0.233 e. The number of nitrogens with one attached hydrogen (secondary N) is 1. The molecule has 0 aliphatic heterocycles. The molecule has 1 atom stereocenters. The minimum absolute atomic E-state index is 0.102. The summed E-state index contributed by atoms with van der Waals surface area (Å²) in [5.41, 5.74) is 8.65. The fraction of sp³-hybridized carbons (Fsp3) is 0.261. The quantitative estimate of drug-likeness (QED) is 0.653. The van der Waals surface area contributed by atoms with Crippen LogP contribution in [0.3, 0.4) is 0 Å². The number of benzene rings is 3. The van der Waals surface area contributed by atoms with E-state index in [4.69, 9.17) is 10.5 Å². The summed E-state index contributed by atoms with van der Waals surface area (Å²) >= 11 is 0. The maximum atomic E-state index is 12.8. The Labute approximate surface area is 160 Å². The minimum atomic E-state index is -0.407. The molecule has 0 bridgehead atoms. The van der Waals surface area contributed by atoms with Crippen molar-refractivity contribution in [2.24, 2.45) is 5.73 Å². The minimum Gasteiger partial charge on any atom is -0.374 e. The Bertz CT molecular complexity index is 921. The monoisotopic (exact) mass is 362 g/mol. The molecule has 0 radical (unpaired) electrons. The summed E-state index contributed by atoms with van der Waals surface area (Å²) in [5.74, 6) is -0.509. The zero-order valence-corrected chi connectivity index (χ0v) is 15.8. The Morgan fingerprint density at radius 3 is 2.52 bits per heavy atom. The van der Waals surface area contributed by atoms with E-state index in [0.29, 0.717) is 6.61 Å². The second kappa shape index (κ2) is 8.80. The van der Waals surface area contributed by atoms with E-state index < -0.39 is 5.92 Å². The van der Waals surface area contributed by atoms with Gasteiger partial charge in [-0.05, 0) is 47.9 Å². The van der Waals surface area contributed by atoms with Crippen LogP contribution in [0.15, 0.2) is 66.7 Å². The lowest BCUT2D eigenvalue weighted by molar-refractivity contribution is -0.117. The molecule has 3 aromatic carbocycles. The molecule has 27 heavy (non-hydrogen) atoms. The molecule has 0 saturated carbocycles. The second-order valence-electron chi connectivity index (χ2n) is 6.94. The lowest BCUT2D eigenvalue weighted by Crippen LogP contribution is -2.27. The third-order valence-electron chi connectivity index (χ3n) is 4.51. The van der Waals surface area contributed by atoms with Crippen molar-refractivity contribution in [3.05, 3.63) is 77.9 Å². The number of carbonyl (C=O) groups is 1. The Kier molecular flexibility index (Phi) is 6.22. The summed E-state index contributed by atoms with van der Waals surface area (Å²) < 4.78 is 5.66. The Hall–Kier alpha value is -2.69. The molecule has 0 fully saturated rings. The van der Waals surface area contributed by atoms with Gasteiger partial charge in [0.1, 0.15) is 0 Å². The average molecular weight is 362 g/mol. The first kappa shape index (κ1) is 19.1. The van der Waals surface area contributed by atoms with E-state index >= 15 is 0 Å². The van der Waals surface area contributed by atoms with E-state index in [1.807, 2.05) is 80.6 Å². The van der Waals surface area contributed by atoms with Crippen molar-refractivity contribution in [2.45, 2.75) is 32.5 Å². The van der Waals surface area contributed by atoms with Crippen molar-refractivity contribution in [3.63, 3.8) is 0 Å². The van der Waals surface area contributed by atoms with E-state index in [1.54, 1.807) is 0 Å². The maximum absolute atomic E-state index is 12.8. The highest BCUT2D eigenvalue weighted by Gasteiger charge is 2.19. The van der Waals surface area contributed by atoms with Gasteiger partial charge in [0.15, 0.2) is 0 Å². The van der Waals surface area contributed by atoms with Crippen molar-refractivity contribution in [1.29, 1.82) is 0 Å². The normalized spacial score (nSPS) is 12.3. The molecular weight excluding hydrogens is 336 g/mol. The van der Waals surface area contributed by atoms with Crippen molar-refractivity contribution in [3.8, 4) is 0 Å². The van der Waals surface area contributed by atoms with E-state index in [0.717, 1.165) is 27.6 Å². The van der Waals surface area contributed by atoms with Crippen molar-refractivity contribution in [1.82, 2.24) is 0 Å². The van der Waals surface area contributed by atoms with Crippen LogP contribution in [0.1, 0.15) is 30.9 Å². The number of hydrogen-bond acceptors (Lipinski definition) is 3. The molecule has 140 valence electrons. The van der Waals surface area contributed by atoms with Crippen molar-refractivity contribution in [2.75, 3.05) is 11.9 Å². The molecule has 4 nitrogen and oxygen atoms in total. The summed E-state index contributed by atoms with van der Waals surface area (Å²) in [4.78, 5) is 12.8. The number of amides is 1. The third kappa shape index (κ3) is 4.94. The van der Waals surface area contributed by atoms with Gasteiger partial charge in [-0.15, -0.1) is 0 Å². The van der Waals surface area contributed by atoms with Crippen molar-refractivity contribution < 1.29 is 9.53 Å². The number of anilines is 1. The van der Waals surface area contributed by atoms with E-state index in [9.17, 15) is 4.79 Å². The average Bonchev–Trinajstić information content (AvgIpc) is 2.67. The summed E-state index contributed by atoms with van der Waals surface area (Å²) in [6.45, 7) is 4.77. The van der Waals surface area contributed by atoms with Crippen LogP contribution in [0.4, 0.5) is 5.69 Å². The molecule has 0 aromatic heterocycles. The first-order valence-electron chi connectivity index (χ1n) is 9.27. The van der Waals surface area contributed by atoms with Crippen LogP contribution in [0, 0.1) is 0 Å². The predicted molar refractivity (Wildman–Crippen MR) is 111 cm³/mol. The highest BCUT2D eigenvalue weighted by atomic mass is 16.5. The zero-order valence-electron chi connectivity index (χ0n) is 15.8. The van der Waals surface area contributed by atoms with Crippen LogP contribution in [-0.2, 0) is 16.1 Å². The van der Waals surface area contributed by atoms with Crippen LogP contribution in [0.25, 0.3) is 10.8 Å². The number of hydrogen-bond donors (Lipinski definition) is 2. The molecule has 0 saturated heterocycles. The van der Waals surface area contributed by atoms with Gasteiger partial charge >= 0.3 is 0 Å². The SMILES string of the molecule is CC(C)OCc1cccc(C(CN)C(=O)Nc2ccc3ccccc3c2)c1. The highest BCUT2D eigenvalue weighted by Crippen LogP contribution is 2.22. The van der Waals surface area contributed by atoms with E-state index in [1.165, 1.54) is 0 Å². The zero-order chi connectivity index (χ0) is 19.2. The van der Waals surface area contributed by atoms with Gasteiger partial charge in [-0.3, -0.25) is 4.79 Å². The largest absolute Gasteiger partial charge is 0.374 e. The van der Waals surface area contributed by atoms with Gasteiger partial charge in [0, 0.05) is 12.2 Å². The summed E-state index contributed by atoms with van der Waals surface area (Å²) in [6, 6.07) is 21.9. The van der Waals surface area contributed by atoms with Gasteiger partial charge < -0.3 is 15.8 Å². The standard InChI is InChI=1S/C23H26N2O2/c1-16(2)27-15-17-6-5-9-20(12-17)22(14-24)23(26)25-21-11-10-18-7-3-4-8-19(18)13-21/h3-13,16,22H,14-15,24H2,1-2H3,(H,25,26). The third-order valence-corrected chi connectivity index (χ3v) is 4.51. The van der Waals surface area contributed by atoms with Crippen LogP contribution in [0.2, 0.25) is 0 Å². The lowest BCUT2D eigenvalue weighted by atomic mass is 9.96. The number of nitrogens with two attached hydrogens (primary N) is 1. The first-order valence-corrected chi connectivity index (χ1v) is 9.27. The van der Waals surface area contributed by atoms with Crippen LogP contribution in [0.5, 0.6) is 0 Å². The number of carbonyl (C=O) groups excluding carboxylic acids is 1. The van der Waals surface area contributed by atoms with Crippen LogP contribution >= 0.6 is 0 Å². The van der Waals surface area contributed by atoms with E-state index in [2.05, 4.69) is 5.32 Å². The lowest BCUT2D eigenvalue weighted by Gasteiger charge is -2.17. The van der Waals surface area contributed by atoms with Gasteiger partial charge in [-0.1, -0.05) is 54.6 Å². The smallest absolute Gasteiger partial charge is 0.233 e. The summed E-state index contributed by atoms with van der Waals surface area (Å²) in [5, 5.41) is 5.24.